The molecule has 1 aromatic heterocycles. The summed E-state index contributed by atoms with van der Waals surface area (Å²) in [5, 5.41) is 12.1. The second kappa shape index (κ2) is 1.29. The van der Waals surface area contributed by atoms with Crippen molar-refractivity contribution in [2.24, 2.45) is 0 Å². The number of rotatable bonds is 0. The van der Waals surface area contributed by atoms with Crippen LogP contribution in [0.4, 0.5) is 5.82 Å². The third kappa shape index (κ3) is 0.534. The average Bonchev–Trinajstić information content (AvgIpc) is 1.85. The maximum Gasteiger partial charge on any atom is 0.231 e. The van der Waals surface area contributed by atoms with E-state index in [0.29, 0.717) is 0 Å². The first-order valence-corrected chi connectivity index (χ1v) is 2.00. The minimum atomic E-state index is -0.137. The van der Waals surface area contributed by atoms with E-state index in [-0.39, 0.29) is 11.7 Å². The van der Waals surface area contributed by atoms with Crippen LogP contribution in [0.15, 0.2) is 6.07 Å². The quantitative estimate of drug-likeness (QED) is 0.373. The predicted octanol–water partition coefficient (Wildman–Crippen LogP) is -1.12. The molecule has 5 heteroatoms. The Morgan fingerprint density at radius 1 is 1.75 bits per heavy atom. The standard InChI is InChI=1S/C3H6N4O/c4-2-1-3(8)7(5)6-2/h1,8H,5H2,(H2,4,6). The van der Waals surface area contributed by atoms with Gasteiger partial charge in [0.15, 0.2) is 5.82 Å². The second-order valence-electron chi connectivity index (χ2n) is 1.37. The fraction of sp³-hybridized carbons (Fsp3) is 0. The predicted molar refractivity (Wildman–Crippen MR) is 28.5 cm³/mol. The molecular weight excluding hydrogens is 108 g/mol. The van der Waals surface area contributed by atoms with Gasteiger partial charge >= 0.3 is 0 Å². The minimum Gasteiger partial charge on any atom is -0.492 e. The van der Waals surface area contributed by atoms with Crippen LogP contribution in [0, 0.1) is 0 Å². The smallest absolute Gasteiger partial charge is 0.231 e. The van der Waals surface area contributed by atoms with Gasteiger partial charge in [0, 0.05) is 6.07 Å². The Bertz CT molecular complexity index is 174. The molecule has 0 spiro atoms. The summed E-state index contributed by atoms with van der Waals surface area (Å²) in [5.74, 6) is 5.09. The van der Waals surface area contributed by atoms with Gasteiger partial charge in [-0.1, -0.05) is 0 Å². The highest BCUT2D eigenvalue weighted by molar-refractivity contribution is 5.31. The molecule has 0 aliphatic heterocycles. The molecule has 0 radical (unpaired) electrons. The van der Waals surface area contributed by atoms with Crippen LogP contribution in [0.1, 0.15) is 0 Å². The molecule has 0 amide bonds. The van der Waals surface area contributed by atoms with Crippen molar-refractivity contribution < 1.29 is 5.11 Å². The van der Waals surface area contributed by atoms with E-state index in [9.17, 15) is 0 Å². The maximum atomic E-state index is 8.64. The van der Waals surface area contributed by atoms with E-state index < -0.39 is 0 Å². The van der Waals surface area contributed by atoms with Crippen LogP contribution in [0.25, 0.3) is 0 Å². The molecule has 0 fully saturated rings. The molecular formula is C3H6N4O. The van der Waals surface area contributed by atoms with Crippen LogP contribution in [-0.4, -0.2) is 15.0 Å². The molecule has 0 aliphatic rings. The zero-order chi connectivity index (χ0) is 6.15. The van der Waals surface area contributed by atoms with Crippen LogP contribution in [-0.2, 0) is 0 Å². The van der Waals surface area contributed by atoms with E-state index in [1.165, 1.54) is 6.07 Å². The zero-order valence-corrected chi connectivity index (χ0v) is 4.07. The molecule has 5 N–H and O–H groups in total. The van der Waals surface area contributed by atoms with Gasteiger partial charge in [-0.3, -0.25) is 0 Å². The van der Waals surface area contributed by atoms with Gasteiger partial charge in [0.1, 0.15) is 0 Å². The molecule has 1 aromatic rings. The Morgan fingerprint density at radius 2 is 2.38 bits per heavy atom. The zero-order valence-electron chi connectivity index (χ0n) is 4.07. The first-order chi connectivity index (χ1) is 3.70. The number of nitrogen functional groups attached to an aromatic ring is 2. The van der Waals surface area contributed by atoms with Crippen LogP contribution < -0.4 is 11.6 Å². The van der Waals surface area contributed by atoms with Crippen LogP contribution in [0.3, 0.4) is 0 Å². The number of aromatic hydroxyl groups is 1. The molecule has 0 aromatic carbocycles. The maximum absolute atomic E-state index is 8.64. The van der Waals surface area contributed by atoms with Crippen LogP contribution >= 0.6 is 0 Å². The topological polar surface area (TPSA) is 90.1 Å². The first kappa shape index (κ1) is 4.76. The van der Waals surface area contributed by atoms with E-state index in [0.717, 1.165) is 4.79 Å². The fourth-order valence-corrected chi connectivity index (χ4v) is 0.403. The van der Waals surface area contributed by atoms with Crippen molar-refractivity contribution in [3.05, 3.63) is 6.07 Å². The Balaban J connectivity index is 3.14. The third-order valence-corrected chi connectivity index (χ3v) is 0.735. The van der Waals surface area contributed by atoms with E-state index >= 15 is 0 Å². The van der Waals surface area contributed by atoms with Crippen molar-refractivity contribution in [1.82, 2.24) is 9.89 Å². The van der Waals surface area contributed by atoms with Crippen molar-refractivity contribution in [2.75, 3.05) is 11.6 Å². The summed E-state index contributed by atoms with van der Waals surface area (Å²) in [6.45, 7) is 0. The fourth-order valence-electron chi connectivity index (χ4n) is 0.403. The Hall–Kier alpha value is -1.39. The van der Waals surface area contributed by atoms with Crippen molar-refractivity contribution in [3.63, 3.8) is 0 Å². The van der Waals surface area contributed by atoms with Gasteiger partial charge < -0.3 is 16.7 Å². The third-order valence-electron chi connectivity index (χ3n) is 0.735. The number of nitrogens with two attached hydrogens (primary N) is 2. The second-order valence-corrected chi connectivity index (χ2v) is 1.37. The minimum absolute atomic E-state index is 0.137. The van der Waals surface area contributed by atoms with Gasteiger partial charge in [0.25, 0.3) is 0 Å². The molecule has 8 heavy (non-hydrogen) atoms. The Labute approximate surface area is 45.5 Å². The molecule has 1 heterocycles. The highest BCUT2D eigenvalue weighted by Gasteiger charge is 1.96. The molecule has 0 unspecified atom stereocenters. The lowest BCUT2D eigenvalue weighted by molar-refractivity contribution is 0.427. The SMILES string of the molecule is Nc1cc(O)n(N)n1. The van der Waals surface area contributed by atoms with E-state index in [1.807, 2.05) is 0 Å². The molecule has 0 bridgehead atoms. The van der Waals surface area contributed by atoms with Gasteiger partial charge in [0.2, 0.25) is 5.88 Å². The van der Waals surface area contributed by atoms with Crippen molar-refractivity contribution in [2.45, 2.75) is 0 Å². The number of hydrogen-bond acceptors (Lipinski definition) is 4. The molecule has 5 nitrogen and oxygen atoms in total. The van der Waals surface area contributed by atoms with E-state index in [4.69, 9.17) is 16.7 Å². The monoisotopic (exact) mass is 114 g/mol. The van der Waals surface area contributed by atoms with Crippen LogP contribution in [0.5, 0.6) is 5.88 Å². The molecule has 1 rings (SSSR count). The summed E-state index contributed by atoms with van der Waals surface area (Å²) in [4.78, 5) is 0.801. The molecule has 0 atom stereocenters. The molecule has 0 saturated heterocycles. The van der Waals surface area contributed by atoms with Gasteiger partial charge in [-0.05, 0) is 0 Å². The summed E-state index contributed by atoms with van der Waals surface area (Å²) in [6, 6.07) is 1.26. The summed E-state index contributed by atoms with van der Waals surface area (Å²) in [5.41, 5.74) is 5.11. The summed E-state index contributed by atoms with van der Waals surface area (Å²) >= 11 is 0. The molecule has 0 aliphatic carbocycles. The number of hydrogen-bond donors (Lipinski definition) is 3. The Kier molecular flexibility index (Phi) is 0.768. The van der Waals surface area contributed by atoms with Gasteiger partial charge in [0.05, 0.1) is 0 Å². The van der Waals surface area contributed by atoms with Crippen LogP contribution in [0.2, 0.25) is 0 Å². The lowest BCUT2D eigenvalue weighted by Gasteiger charge is -1.86. The summed E-state index contributed by atoms with van der Waals surface area (Å²) in [6.07, 6.45) is 0. The van der Waals surface area contributed by atoms with Gasteiger partial charge in [-0.2, -0.15) is 0 Å². The average molecular weight is 114 g/mol. The Morgan fingerprint density at radius 3 is 2.50 bits per heavy atom. The lowest BCUT2D eigenvalue weighted by atomic mass is 10.6. The van der Waals surface area contributed by atoms with E-state index in [1.54, 1.807) is 0 Å². The van der Waals surface area contributed by atoms with Gasteiger partial charge in [-0.15, -0.1) is 9.89 Å². The normalized spacial score (nSPS) is 9.50. The first-order valence-electron chi connectivity index (χ1n) is 2.00. The lowest BCUT2D eigenvalue weighted by Crippen LogP contribution is -2.09. The van der Waals surface area contributed by atoms with Crippen molar-refractivity contribution in [3.8, 4) is 5.88 Å². The highest BCUT2D eigenvalue weighted by Crippen LogP contribution is 2.07. The largest absolute Gasteiger partial charge is 0.492 e. The van der Waals surface area contributed by atoms with Crippen molar-refractivity contribution in [1.29, 1.82) is 0 Å². The van der Waals surface area contributed by atoms with Crippen molar-refractivity contribution >= 4 is 5.82 Å². The summed E-state index contributed by atoms with van der Waals surface area (Å²) < 4.78 is 0. The molecule has 0 saturated carbocycles. The van der Waals surface area contributed by atoms with E-state index in [2.05, 4.69) is 5.10 Å². The van der Waals surface area contributed by atoms with Gasteiger partial charge in [-0.25, -0.2) is 0 Å². The number of anilines is 1. The summed E-state index contributed by atoms with van der Waals surface area (Å²) in [7, 11) is 0. The number of nitrogens with zero attached hydrogens (tertiary/aromatic N) is 2. The molecule has 44 valence electrons. The number of aromatic nitrogens is 2. The highest BCUT2D eigenvalue weighted by atomic mass is 16.3.